The van der Waals surface area contributed by atoms with Gasteiger partial charge in [-0.05, 0) is 36.2 Å². The minimum atomic E-state index is -0.537. The van der Waals surface area contributed by atoms with E-state index in [4.69, 9.17) is 16.3 Å². The molecule has 1 amide bonds. The van der Waals surface area contributed by atoms with Crippen LogP contribution in [0.3, 0.4) is 0 Å². The number of halogens is 1. The monoisotopic (exact) mass is 358 g/mol. The van der Waals surface area contributed by atoms with Crippen LogP contribution in [-0.4, -0.2) is 44.1 Å². The Morgan fingerprint density at radius 2 is 1.76 bits per heavy atom. The molecule has 3 rings (SSSR count). The zero-order chi connectivity index (χ0) is 17.8. The van der Waals surface area contributed by atoms with E-state index in [-0.39, 0.29) is 5.91 Å². The van der Waals surface area contributed by atoms with E-state index in [2.05, 4.69) is 17.9 Å². The predicted molar refractivity (Wildman–Crippen MR) is 101 cm³/mol. The molecule has 1 fully saturated rings. The van der Waals surface area contributed by atoms with Crippen molar-refractivity contribution in [2.75, 3.05) is 38.2 Å². The second-order valence-electron chi connectivity index (χ2n) is 6.27. The number of hydrogen-bond acceptors (Lipinski definition) is 3. The first-order valence-corrected chi connectivity index (χ1v) is 8.85. The third-order valence-corrected chi connectivity index (χ3v) is 4.89. The third-order valence-electron chi connectivity index (χ3n) is 4.65. The maximum absolute atomic E-state index is 12.8. The molecular formula is C20H23ClN2O2. The summed E-state index contributed by atoms with van der Waals surface area (Å²) in [4.78, 5) is 17.0. The molecule has 1 heterocycles. The molecular weight excluding hydrogens is 336 g/mol. The molecule has 2 aromatic carbocycles. The van der Waals surface area contributed by atoms with Crippen molar-refractivity contribution in [1.82, 2.24) is 4.90 Å². The second kappa shape index (κ2) is 7.89. The van der Waals surface area contributed by atoms with Crippen LogP contribution < -0.4 is 4.90 Å². The molecule has 0 spiro atoms. The van der Waals surface area contributed by atoms with Gasteiger partial charge in [-0.15, -0.1) is 0 Å². The number of carbonyl (C=O) groups is 1. The van der Waals surface area contributed by atoms with Crippen LogP contribution >= 0.6 is 11.6 Å². The summed E-state index contributed by atoms with van der Waals surface area (Å²) in [7, 11) is 1.59. The fraction of sp³-hybridized carbons (Fsp3) is 0.350. The zero-order valence-electron chi connectivity index (χ0n) is 14.6. The Balaban J connectivity index is 1.66. The summed E-state index contributed by atoms with van der Waals surface area (Å²) in [6, 6.07) is 15.6. The van der Waals surface area contributed by atoms with Crippen molar-refractivity contribution in [3.8, 4) is 0 Å². The van der Waals surface area contributed by atoms with Crippen molar-refractivity contribution >= 4 is 23.2 Å². The zero-order valence-corrected chi connectivity index (χ0v) is 15.4. The molecule has 1 aliphatic rings. The highest BCUT2D eigenvalue weighted by Crippen LogP contribution is 2.26. The first-order valence-electron chi connectivity index (χ1n) is 8.48. The molecule has 1 saturated heterocycles. The van der Waals surface area contributed by atoms with Gasteiger partial charge in [-0.2, -0.15) is 0 Å². The van der Waals surface area contributed by atoms with Crippen LogP contribution in [0.2, 0.25) is 5.02 Å². The summed E-state index contributed by atoms with van der Waals surface area (Å²) >= 11 is 6.04. The Morgan fingerprint density at radius 3 is 2.36 bits per heavy atom. The fourth-order valence-electron chi connectivity index (χ4n) is 3.31. The highest BCUT2D eigenvalue weighted by atomic mass is 35.5. The Hall–Kier alpha value is -2.04. The van der Waals surface area contributed by atoms with Crippen molar-refractivity contribution in [3.05, 3.63) is 64.7 Å². The summed E-state index contributed by atoms with van der Waals surface area (Å²) < 4.78 is 5.48. The first-order chi connectivity index (χ1) is 12.1. The minimum Gasteiger partial charge on any atom is -0.368 e. The number of nitrogens with zero attached hydrogens (tertiary/aromatic N) is 2. The van der Waals surface area contributed by atoms with Gasteiger partial charge in [0.15, 0.2) is 6.10 Å². The molecule has 1 atom stereocenters. The van der Waals surface area contributed by atoms with Crippen molar-refractivity contribution in [1.29, 1.82) is 0 Å². The van der Waals surface area contributed by atoms with Gasteiger partial charge in [-0.3, -0.25) is 4.79 Å². The van der Waals surface area contributed by atoms with Gasteiger partial charge in [0.1, 0.15) is 0 Å². The molecule has 0 radical (unpaired) electrons. The van der Waals surface area contributed by atoms with Gasteiger partial charge < -0.3 is 14.5 Å². The van der Waals surface area contributed by atoms with Crippen molar-refractivity contribution in [2.24, 2.45) is 0 Å². The van der Waals surface area contributed by atoms with Crippen LogP contribution in [0.1, 0.15) is 17.2 Å². The number of ether oxygens (including phenoxy) is 1. The van der Waals surface area contributed by atoms with E-state index in [0.29, 0.717) is 13.1 Å². The number of rotatable bonds is 4. The Morgan fingerprint density at radius 1 is 1.08 bits per heavy atom. The molecule has 0 aromatic heterocycles. The summed E-state index contributed by atoms with van der Waals surface area (Å²) in [6.45, 7) is 5.05. The van der Waals surface area contributed by atoms with E-state index in [1.54, 1.807) is 7.11 Å². The lowest BCUT2D eigenvalue weighted by molar-refractivity contribution is -0.142. The molecule has 0 aliphatic carbocycles. The minimum absolute atomic E-state index is 0.0289. The molecule has 0 bridgehead atoms. The maximum atomic E-state index is 12.8. The number of carbonyl (C=O) groups excluding carboxylic acids is 1. The summed E-state index contributed by atoms with van der Waals surface area (Å²) in [5, 5.41) is 0.751. The lowest BCUT2D eigenvalue weighted by Gasteiger charge is -2.38. The second-order valence-corrected chi connectivity index (χ2v) is 6.71. The van der Waals surface area contributed by atoms with Crippen LogP contribution in [0.15, 0.2) is 48.5 Å². The molecule has 1 aliphatic heterocycles. The average Bonchev–Trinajstić information content (AvgIpc) is 2.63. The van der Waals surface area contributed by atoms with Crippen molar-refractivity contribution in [3.63, 3.8) is 0 Å². The highest BCUT2D eigenvalue weighted by Gasteiger charge is 2.28. The van der Waals surface area contributed by atoms with E-state index >= 15 is 0 Å². The number of amides is 1. The third kappa shape index (κ3) is 3.97. The highest BCUT2D eigenvalue weighted by molar-refractivity contribution is 6.30. The van der Waals surface area contributed by atoms with Crippen LogP contribution in [-0.2, 0) is 9.53 Å². The van der Waals surface area contributed by atoms with Gasteiger partial charge >= 0.3 is 0 Å². The summed E-state index contributed by atoms with van der Waals surface area (Å²) in [6.07, 6.45) is -0.537. The van der Waals surface area contributed by atoms with Gasteiger partial charge in [-0.25, -0.2) is 0 Å². The van der Waals surface area contributed by atoms with Gasteiger partial charge in [0.25, 0.3) is 5.91 Å². The Bertz CT molecular complexity index is 728. The summed E-state index contributed by atoms with van der Waals surface area (Å²) in [5.41, 5.74) is 3.24. The van der Waals surface area contributed by atoms with Crippen molar-refractivity contribution in [2.45, 2.75) is 13.0 Å². The Kier molecular flexibility index (Phi) is 5.61. The number of piperazine rings is 1. The first kappa shape index (κ1) is 17.8. The predicted octanol–water partition coefficient (Wildman–Crippen LogP) is 3.68. The topological polar surface area (TPSA) is 32.8 Å². The van der Waals surface area contributed by atoms with E-state index in [1.807, 2.05) is 47.4 Å². The average molecular weight is 359 g/mol. The van der Waals surface area contributed by atoms with Crippen molar-refractivity contribution < 1.29 is 9.53 Å². The van der Waals surface area contributed by atoms with Gasteiger partial charge in [0.2, 0.25) is 0 Å². The lowest BCUT2D eigenvalue weighted by Crippen LogP contribution is -2.50. The molecule has 5 heteroatoms. The van der Waals surface area contributed by atoms with E-state index < -0.39 is 6.10 Å². The largest absolute Gasteiger partial charge is 0.368 e. The van der Waals surface area contributed by atoms with E-state index in [1.165, 1.54) is 5.69 Å². The normalized spacial score (nSPS) is 16.0. The lowest BCUT2D eigenvalue weighted by atomic mass is 10.1. The SMILES string of the molecule is COC(C(=O)N1CCN(c2ccc(Cl)cc2C)CC1)c1ccccc1. The molecule has 4 nitrogen and oxygen atoms in total. The number of anilines is 1. The van der Waals surface area contributed by atoms with Gasteiger partial charge in [0, 0.05) is 44.0 Å². The van der Waals surface area contributed by atoms with E-state index in [0.717, 1.165) is 29.2 Å². The van der Waals surface area contributed by atoms with Crippen LogP contribution in [0.25, 0.3) is 0 Å². The van der Waals surface area contributed by atoms with Crippen LogP contribution in [0, 0.1) is 6.92 Å². The van der Waals surface area contributed by atoms with E-state index in [9.17, 15) is 4.79 Å². The smallest absolute Gasteiger partial charge is 0.256 e. The van der Waals surface area contributed by atoms with Gasteiger partial charge in [0.05, 0.1) is 0 Å². The molecule has 25 heavy (non-hydrogen) atoms. The molecule has 1 unspecified atom stereocenters. The molecule has 0 N–H and O–H groups in total. The van der Waals surface area contributed by atoms with Crippen LogP contribution in [0.4, 0.5) is 5.69 Å². The number of methoxy groups -OCH3 is 1. The quantitative estimate of drug-likeness (QED) is 0.835. The maximum Gasteiger partial charge on any atom is 0.256 e. The standard InChI is InChI=1S/C20H23ClN2O2/c1-15-14-17(21)8-9-18(15)22-10-12-23(13-11-22)20(24)19(25-2)16-6-4-3-5-7-16/h3-9,14,19H,10-13H2,1-2H3. The molecule has 0 saturated carbocycles. The number of benzene rings is 2. The molecule has 2 aromatic rings. The van der Waals surface area contributed by atoms with Crippen LogP contribution in [0.5, 0.6) is 0 Å². The number of aryl methyl sites for hydroxylation is 1. The number of hydrogen-bond donors (Lipinski definition) is 0. The fourth-order valence-corrected chi connectivity index (χ4v) is 3.54. The van der Waals surface area contributed by atoms with Gasteiger partial charge in [-0.1, -0.05) is 41.9 Å². The Labute approximate surface area is 154 Å². The summed E-state index contributed by atoms with van der Waals surface area (Å²) in [5.74, 6) is 0.0289. The molecule has 132 valence electrons.